The molecule has 0 spiro atoms. The van der Waals surface area contributed by atoms with Crippen LogP contribution in [-0.4, -0.2) is 0 Å². The Kier molecular flexibility index (Phi) is 5.57. The van der Waals surface area contributed by atoms with E-state index in [1.807, 2.05) is 35.6 Å². The van der Waals surface area contributed by atoms with Gasteiger partial charge in [0.15, 0.2) is 0 Å². The molecule has 0 unspecified atom stereocenters. The van der Waals surface area contributed by atoms with Gasteiger partial charge in [-0.05, 0) is 80.2 Å². The van der Waals surface area contributed by atoms with Gasteiger partial charge in [0.25, 0.3) is 0 Å². The molecule has 3 aromatic heterocycles. The molecular weight excluding hydrogens is 617 g/mol. The van der Waals surface area contributed by atoms with E-state index in [9.17, 15) is 0 Å². The van der Waals surface area contributed by atoms with E-state index in [1.54, 1.807) is 0 Å². The Morgan fingerprint density at radius 1 is 0.327 bits per heavy atom. The van der Waals surface area contributed by atoms with Crippen molar-refractivity contribution in [3.63, 3.8) is 0 Å². The van der Waals surface area contributed by atoms with Gasteiger partial charge in [0.1, 0.15) is 22.5 Å². The monoisotopic (exact) mass is 642 g/mol. The number of hydrogen-bond donors (Lipinski definition) is 0. The Balaban J connectivity index is 1.14. The van der Waals surface area contributed by atoms with Crippen molar-refractivity contribution >= 4 is 86.0 Å². The highest BCUT2D eigenvalue weighted by molar-refractivity contribution is 7.25. The standard InChI is InChI=1S/C46H26O2S/c1-2-10-27(11-3-1)40-24-30-23-38-37-22-28(19-21-39(37)47-42(38)26-41(30)48-40)45-33-13-4-6-15-35(33)46(36-16-7-5-14-34(36)45)29-18-20-32-31-12-8-9-17-43(31)49-44(32)25-29/h1-26H. The minimum atomic E-state index is 0.826. The van der Waals surface area contributed by atoms with Gasteiger partial charge in [0.2, 0.25) is 0 Å². The number of thiophene rings is 1. The number of benzene rings is 8. The summed E-state index contributed by atoms with van der Waals surface area (Å²) in [7, 11) is 0. The molecule has 0 bridgehead atoms. The second kappa shape index (κ2) is 10.2. The van der Waals surface area contributed by atoms with Crippen LogP contribution in [0.3, 0.4) is 0 Å². The summed E-state index contributed by atoms with van der Waals surface area (Å²) in [5.74, 6) is 0.859. The Labute approximate surface area is 285 Å². The van der Waals surface area contributed by atoms with Crippen LogP contribution < -0.4 is 0 Å². The van der Waals surface area contributed by atoms with Crippen LogP contribution in [0.1, 0.15) is 0 Å². The third-order valence-corrected chi connectivity index (χ3v) is 11.2. The summed E-state index contributed by atoms with van der Waals surface area (Å²) < 4.78 is 15.3. The van der Waals surface area contributed by atoms with Gasteiger partial charge in [-0.15, -0.1) is 11.3 Å². The fraction of sp³-hybridized carbons (Fsp3) is 0. The van der Waals surface area contributed by atoms with Crippen LogP contribution in [0.25, 0.3) is 108 Å². The topological polar surface area (TPSA) is 26.3 Å². The van der Waals surface area contributed by atoms with Gasteiger partial charge in [-0.25, -0.2) is 0 Å². The quantitative estimate of drug-likeness (QED) is 0.179. The Morgan fingerprint density at radius 2 is 0.918 bits per heavy atom. The lowest BCUT2D eigenvalue weighted by molar-refractivity contribution is 0.628. The fourth-order valence-corrected chi connectivity index (χ4v) is 8.99. The van der Waals surface area contributed by atoms with Gasteiger partial charge in [-0.2, -0.15) is 0 Å². The predicted molar refractivity (Wildman–Crippen MR) is 208 cm³/mol. The molecule has 0 amide bonds. The smallest absolute Gasteiger partial charge is 0.139 e. The molecule has 11 aromatic rings. The third-order valence-electron chi connectivity index (χ3n) is 10.1. The predicted octanol–water partition coefficient (Wildman–Crippen LogP) is 14.0. The summed E-state index contributed by atoms with van der Waals surface area (Å²) in [6.07, 6.45) is 0. The summed E-state index contributed by atoms with van der Waals surface area (Å²) in [5.41, 5.74) is 8.53. The maximum atomic E-state index is 6.42. The third kappa shape index (κ3) is 4.00. The van der Waals surface area contributed by atoms with Crippen molar-refractivity contribution in [1.29, 1.82) is 0 Å². The first-order chi connectivity index (χ1) is 24.3. The zero-order chi connectivity index (χ0) is 32.1. The van der Waals surface area contributed by atoms with Gasteiger partial charge in [-0.1, -0.05) is 115 Å². The van der Waals surface area contributed by atoms with Crippen LogP contribution in [-0.2, 0) is 0 Å². The Bertz CT molecular complexity index is 3050. The zero-order valence-electron chi connectivity index (χ0n) is 26.2. The Hall–Kier alpha value is -6.16. The lowest BCUT2D eigenvalue weighted by Gasteiger charge is -2.18. The van der Waals surface area contributed by atoms with E-state index in [0.717, 1.165) is 44.2 Å². The molecule has 228 valence electrons. The molecule has 11 rings (SSSR count). The molecular formula is C46H26O2S. The second-order valence-electron chi connectivity index (χ2n) is 12.8. The molecule has 0 N–H and O–H groups in total. The maximum absolute atomic E-state index is 6.42. The van der Waals surface area contributed by atoms with Crippen molar-refractivity contribution in [1.82, 2.24) is 0 Å². The number of furan rings is 2. The average molecular weight is 643 g/mol. The van der Waals surface area contributed by atoms with Crippen molar-refractivity contribution in [2.45, 2.75) is 0 Å². The molecule has 3 heterocycles. The van der Waals surface area contributed by atoms with Gasteiger partial charge in [0.05, 0.1) is 0 Å². The van der Waals surface area contributed by atoms with Crippen LogP contribution in [0, 0.1) is 0 Å². The van der Waals surface area contributed by atoms with E-state index in [1.165, 1.54) is 64.0 Å². The average Bonchev–Trinajstić information content (AvgIpc) is 3.85. The van der Waals surface area contributed by atoms with E-state index in [-0.39, 0.29) is 0 Å². The highest BCUT2D eigenvalue weighted by atomic mass is 32.1. The number of fused-ring (bicyclic) bond motifs is 9. The molecule has 0 aliphatic heterocycles. The summed E-state index contributed by atoms with van der Waals surface area (Å²) in [4.78, 5) is 0. The SMILES string of the molecule is c1ccc(-c2cc3cc4c(cc3o2)oc2ccc(-c3c5ccccc5c(-c5ccc6c(c5)sc5ccccc56)c5ccccc35)cc24)cc1. The lowest BCUT2D eigenvalue weighted by atomic mass is 9.85. The van der Waals surface area contributed by atoms with E-state index in [2.05, 4.69) is 133 Å². The van der Waals surface area contributed by atoms with Crippen LogP contribution in [0.4, 0.5) is 0 Å². The second-order valence-corrected chi connectivity index (χ2v) is 13.9. The first-order valence-electron chi connectivity index (χ1n) is 16.6. The van der Waals surface area contributed by atoms with Gasteiger partial charge in [-0.3, -0.25) is 0 Å². The molecule has 0 radical (unpaired) electrons. The highest BCUT2D eigenvalue weighted by Crippen LogP contribution is 2.46. The summed E-state index contributed by atoms with van der Waals surface area (Å²) >= 11 is 1.87. The molecule has 49 heavy (non-hydrogen) atoms. The van der Waals surface area contributed by atoms with Crippen molar-refractivity contribution in [2.24, 2.45) is 0 Å². The number of hydrogen-bond acceptors (Lipinski definition) is 3. The molecule has 0 saturated carbocycles. The van der Waals surface area contributed by atoms with E-state index < -0.39 is 0 Å². The van der Waals surface area contributed by atoms with Crippen molar-refractivity contribution in [2.75, 3.05) is 0 Å². The minimum absolute atomic E-state index is 0.826. The normalized spacial score (nSPS) is 12.1. The molecule has 0 atom stereocenters. The van der Waals surface area contributed by atoms with Gasteiger partial charge >= 0.3 is 0 Å². The molecule has 0 aliphatic rings. The summed E-state index contributed by atoms with van der Waals surface area (Å²) in [6.45, 7) is 0. The number of rotatable bonds is 3. The molecule has 2 nitrogen and oxygen atoms in total. The van der Waals surface area contributed by atoms with Crippen molar-refractivity contribution in [3.8, 4) is 33.6 Å². The van der Waals surface area contributed by atoms with E-state index >= 15 is 0 Å². The van der Waals surface area contributed by atoms with Crippen molar-refractivity contribution < 1.29 is 8.83 Å². The first kappa shape index (κ1) is 26.9. The van der Waals surface area contributed by atoms with Crippen LogP contribution in [0.5, 0.6) is 0 Å². The minimum Gasteiger partial charge on any atom is -0.456 e. The highest BCUT2D eigenvalue weighted by Gasteiger charge is 2.19. The van der Waals surface area contributed by atoms with Crippen LogP contribution in [0.2, 0.25) is 0 Å². The molecule has 8 aromatic carbocycles. The molecule has 3 heteroatoms. The van der Waals surface area contributed by atoms with E-state index in [0.29, 0.717) is 0 Å². The van der Waals surface area contributed by atoms with Gasteiger partial charge < -0.3 is 8.83 Å². The van der Waals surface area contributed by atoms with Gasteiger partial charge in [0, 0.05) is 48.0 Å². The zero-order valence-corrected chi connectivity index (χ0v) is 27.1. The summed E-state index contributed by atoms with van der Waals surface area (Å²) in [5, 5.41) is 10.9. The first-order valence-corrected chi connectivity index (χ1v) is 17.4. The molecule has 0 saturated heterocycles. The van der Waals surface area contributed by atoms with E-state index in [4.69, 9.17) is 8.83 Å². The van der Waals surface area contributed by atoms with Crippen LogP contribution >= 0.6 is 11.3 Å². The largest absolute Gasteiger partial charge is 0.456 e. The summed E-state index contributed by atoms with van der Waals surface area (Å²) in [6, 6.07) is 56.7. The van der Waals surface area contributed by atoms with Crippen LogP contribution in [0.15, 0.2) is 167 Å². The lowest BCUT2D eigenvalue weighted by Crippen LogP contribution is -1.90. The molecule has 0 aliphatic carbocycles. The molecule has 0 fully saturated rings. The van der Waals surface area contributed by atoms with Crippen molar-refractivity contribution in [3.05, 3.63) is 158 Å². The maximum Gasteiger partial charge on any atom is 0.139 e. The Morgan fingerprint density at radius 3 is 1.65 bits per heavy atom. The fourth-order valence-electron chi connectivity index (χ4n) is 7.84.